The smallest absolute Gasteiger partial charge is 0.249 e. The zero-order chi connectivity index (χ0) is 18.1. The van der Waals surface area contributed by atoms with Gasteiger partial charge in [-0.3, -0.25) is 9.59 Å². The van der Waals surface area contributed by atoms with Gasteiger partial charge in [-0.2, -0.15) is 5.10 Å². The summed E-state index contributed by atoms with van der Waals surface area (Å²) >= 11 is 5.96. The number of nitrogens with zero attached hydrogens (tertiary/aromatic N) is 2. The van der Waals surface area contributed by atoms with E-state index in [0.717, 1.165) is 5.56 Å². The summed E-state index contributed by atoms with van der Waals surface area (Å²) in [7, 11) is 0. The van der Waals surface area contributed by atoms with Gasteiger partial charge in [0.1, 0.15) is 11.9 Å². The maximum Gasteiger partial charge on any atom is 0.249 e. The molecule has 0 spiro atoms. The molecule has 26 heavy (non-hydrogen) atoms. The molecule has 0 bridgehead atoms. The number of benzene rings is 2. The summed E-state index contributed by atoms with van der Waals surface area (Å²) in [5.41, 5.74) is 2.19. The second-order valence-corrected chi connectivity index (χ2v) is 6.43. The van der Waals surface area contributed by atoms with Crippen LogP contribution in [-0.4, -0.2) is 21.6 Å². The van der Waals surface area contributed by atoms with Gasteiger partial charge in [-0.05, 0) is 18.2 Å². The van der Waals surface area contributed by atoms with Crippen molar-refractivity contribution in [2.75, 3.05) is 10.6 Å². The molecule has 1 aromatic heterocycles. The maximum atomic E-state index is 12.7. The van der Waals surface area contributed by atoms with Gasteiger partial charge in [-0.15, -0.1) is 0 Å². The van der Waals surface area contributed by atoms with Gasteiger partial charge in [0.25, 0.3) is 0 Å². The number of nitrogens with one attached hydrogen (secondary N) is 2. The zero-order valence-electron chi connectivity index (χ0n) is 13.6. The summed E-state index contributed by atoms with van der Waals surface area (Å²) < 4.78 is 1.56. The van der Waals surface area contributed by atoms with E-state index in [0.29, 0.717) is 22.2 Å². The Morgan fingerprint density at radius 1 is 1.15 bits per heavy atom. The summed E-state index contributed by atoms with van der Waals surface area (Å²) in [4.78, 5) is 24.8. The second-order valence-electron chi connectivity index (χ2n) is 5.99. The molecule has 1 aliphatic heterocycles. The van der Waals surface area contributed by atoms with Crippen LogP contribution in [0.2, 0.25) is 5.02 Å². The monoisotopic (exact) mass is 366 g/mol. The van der Waals surface area contributed by atoms with E-state index >= 15 is 0 Å². The Labute approximate surface area is 154 Å². The summed E-state index contributed by atoms with van der Waals surface area (Å²) in [5, 5.41) is 10.6. The number of carbonyl (C=O) groups is 2. The molecule has 130 valence electrons. The van der Waals surface area contributed by atoms with Gasteiger partial charge < -0.3 is 10.6 Å². The minimum absolute atomic E-state index is 0.0231. The van der Waals surface area contributed by atoms with Gasteiger partial charge in [-0.25, -0.2) is 4.68 Å². The highest BCUT2D eigenvalue weighted by molar-refractivity contribution is 6.30. The Bertz CT molecular complexity index is 984. The molecule has 6 nitrogen and oxygen atoms in total. The van der Waals surface area contributed by atoms with Gasteiger partial charge in [0.2, 0.25) is 11.8 Å². The van der Waals surface area contributed by atoms with Crippen molar-refractivity contribution in [3.63, 3.8) is 0 Å². The molecular formula is C19H15ClN4O2. The fourth-order valence-electron chi connectivity index (χ4n) is 2.93. The fourth-order valence-corrected chi connectivity index (χ4v) is 3.12. The van der Waals surface area contributed by atoms with E-state index in [9.17, 15) is 9.59 Å². The number of halogens is 1. The van der Waals surface area contributed by atoms with Crippen molar-refractivity contribution in [1.29, 1.82) is 0 Å². The molecule has 0 saturated heterocycles. The third kappa shape index (κ3) is 3.19. The summed E-state index contributed by atoms with van der Waals surface area (Å²) in [5.74, 6) is -0.0271. The predicted octanol–water partition coefficient (Wildman–Crippen LogP) is 3.73. The predicted molar refractivity (Wildman–Crippen MR) is 100 cm³/mol. The molecule has 0 radical (unpaired) electrons. The highest BCUT2D eigenvalue weighted by Crippen LogP contribution is 2.30. The molecule has 2 heterocycles. The average Bonchev–Trinajstić information content (AvgIpc) is 3.05. The Morgan fingerprint density at radius 3 is 2.73 bits per heavy atom. The lowest BCUT2D eigenvalue weighted by Crippen LogP contribution is -2.35. The minimum atomic E-state index is -0.727. The molecule has 7 heteroatoms. The minimum Gasteiger partial charge on any atom is -0.324 e. The zero-order valence-corrected chi connectivity index (χ0v) is 14.4. The topological polar surface area (TPSA) is 76.0 Å². The Balaban J connectivity index is 1.65. The van der Waals surface area contributed by atoms with Crippen molar-refractivity contribution in [3.05, 3.63) is 65.7 Å². The first-order chi connectivity index (χ1) is 12.6. The SMILES string of the molecule is O=C1CC(C(=O)Nc2cccc(Cl)c2)n2nc(-c3ccccc3)cc2N1. The molecule has 0 aliphatic carbocycles. The van der Waals surface area contributed by atoms with Crippen LogP contribution >= 0.6 is 11.6 Å². The average molecular weight is 367 g/mol. The van der Waals surface area contributed by atoms with Crippen molar-refractivity contribution in [2.24, 2.45) is 0 Å². The molecule has 1 aliphatic rings. The first-order valence-electron chi connectivity index (χ1n) is 8.11. The number of aromatic nitrogens is 2. The number of hydrogen-bond acceptors (Lipinski definition) is 3. The van der Waals surface area contributed by atoms with Gasteiger partial charge in [0.15, 0.2) is 0 Å². The molecule has 1 atom stereocenters. The molecule has 1 unspecified atom stereocenters. The van der Waals surface area contributed by atoms with Crippen LogP contribution in [-0.2, 0) is 9.59 Å². The molecule has 2 amide bonds. The first kappa shape index (κ1) is 16.4. The highest BCUT2D eigenvalue weighted by Gasteiger charge is 2.32. The maximum absolute atomic E-state index is 12.7. The van der Waals surface area contributed by atoms with Crippen LogP contribution < -0.4 is 10.6 Å². The molecule has 0 fully saturated rings. The number of anilines is 2. The van der Waals surface area contributed by atoms with E-state index < -0.39 is 6.04 Å². The van der Waals surface area contributed by atoms with Crippen LogP contribution in [0.15, 0.2) is 60.7 Å². The van der Waals surface area contributed by atoms with Crippen LogP contribution in [0.4, 0.5) is 11.5 Å². The summed E-state index contributed by atoms with van der Waals surface area (Å²) in [6.07, 6.45) is 0.0231. The Morgan fingerprint density at radius 2 is 1.96 bits per heavy atom. The van der Waals surface area contributed by atoms with Crippen LogP contribution in [0, 0.1) is 0 Å². The number of carbonyl (C=O) groups excluding carboxylic acids is 2. The van der Waals surface area contributed by atoms with E-state index in [2.05, 4.69) is 15.7 Å². The Hall–Kier alpha value is -3.12. The van der Waals surface area contributed by atoms with Gasteiger partial charge >= 0.3 is 0 Å². The number of rotatable bonds is 3. The fraction of sp³-hybridized carbons (Fsp3) is 0.105. The molecule has 3 aromatic rings. The van der Waals surface area contributed by atoms with Gasteiger partial charge in [0.05, 0.1) is 12.1 Å². The van der Waals surface area contributed by atoms with Crippen LogP contribution in [0.25, 0.3) is 11.3 Å². The molecule has 2 aromatic carbocycles. The van der Waals surface area contributed by atoms with Crippen molar-refractivity contribution in [1.82, 2.24) is 9.78 Å². The standard InChI is InChI=1S/C19H15ClN4O2/c20-13-7-4-8-14(9-13)21-19(26)16-11-18(25)22-17-10-15(23-24(16)17)12-5-2-1-3-6-12/h1-10,16H,11H2,(H,21,26)(H,22,25). The third-order valence-electron chi connectivity index (χ3n) is 4.14. The number of hydrogen-bond donors (Lipinski definition) is 2. The van der Waals surface area contributed by atoms with Gasteiger partial charge in [-0.1, -0.05) is 48.0 Å². The van der Waals surface area contributed by atoms with Crippen molar-refractivity contribution >= 4 is 34.9 Å². The largest absolute Gasteiger partial charge is 0.324 e. The number of amides is 2. The van der Waals surface area contributed by atoms with E-state index in [1.807, 2.05) is 30.3 Å². The van der Waals surface area contributed by atoms with Crippen LogP contribution in [0.5, 0.6) is 0 Å². The lowest BCUT2D eigenvalue weighted by atomic mass is 10.1. The first-order valence-corrected chi connectivity index (χ1v) is 8.49. The van der Waals surface area contributed by atoms with Crippen molar-refractivity contribution in [2.45, 2.75) is 12.5 Å². The van der Waals surface area contributed by atoms with Crippen molar-refractivity contribution in [3.8, 4) is 11.3 Å². The van der Waals surface area contributed by atoms with Gasteiger partial charge in [0, 0.05) is 22.3 Å². The molecular weight excluding hydrogens is 352 g/mol. The van der Waals surface area contributed by atoms with E-state index in [-0.39, 0.29) is 18.2 Å². The van der Waals surface area contributed by atoms with Crippen LogP contribution in [0.1, 0.15) is 12.5 Å². The third-order valence-corrected chi connectivity index (χ3v) is 4.38. The second kappa shape index (κ2) is 6.65. The molecule has 2 N–H and O–H groups in total. The van der Waals surface area contributed by atoms with E-state index in [1.54, 1.807) is 35.0 Å². The summed E-state index contributed by atoms with van der Waals surface area (Å²) in [6, 6.07) is 17.5. The van der Waals surface area contributed by atoms with Crippen LogP contribution in [0.3, 0.4) is 0 Å². The number of fused-ring (bicyclic) bond motifs is 1. The lowest BCUT2D eigenvalue weighted by molar-refractivity contribution is -0.125. The quantitative estimate of drug-likeness (QED) is 0.741. The molecule has 0 saturated carbocycles. The van der Waals surface area contributed by atoms with E-state index in [1.165, 1.54) is 0 Å². The Kier molecular flexibility index (Phi) is 4.18. The molecule has 4 rings (SSSR count). The normalized spacial score (nSPS) is 15.9. The highest BCUT2D eigenvalue weighted by atomic mass is 35.5. The lowest BCUT2D eigenvalue weighted by Gasteiger charge is -2.23. The van der Waals surface area contributed by atoms with Crippen molar-refractivity contribution < 1.29 is 9.59 Å². The summed E-state index contributed by atoms with van der Waals surface area (Å²) in [6.45, 7) is 0. The van der Waals surface area contributed by atoms with E-state index in [4.69, 9.17) is 11.6 Å².